The second-order valence-electron chi connectivity index (χ2n) is 6.41. The van der Waals surface area contributed by atoms with Gasteiger partial charge in [0.05, 0.1) is 0 Å². The molecule has 0 fully saturated rings. The topological polar surface area (TPSA) is 73.4 Å². The number of aliphatic hydroxyl groups excluding tert-OH is 1. The molecule has 0 saturated carbocycles. The molecule has 0 atom stereocenters. The third-order valence-corrected chi connectivity index (χ3v) is 4.72. The van der Waals surface area contributed by atoms with Crippen molar-refractivity contribution in [3.63, 3.8) is 0 Å². The Morgan fingerprint density at radius 2 is 1.32 bits per heavy atom. The highest BCUT2D eigenvalue weighted by Crippen LogP contribution is 2.33. The van der Waals surface area contributed by atoms with Crippen molar-refractivity contribution in [2.45, 2.75) is 6.04 Å². The summed E-state index contributed by atoms with van der Waals surface area (Å²) in [5.41, 5.74) is 2.49. The molecule has 0 unspecified atom stereocenters. The van der Waals surface area contributed by atoms with Crippen LogP contribution < -0.4 is 0 Å². The number of fused-ring (bicyclic) bond motifs is 1. The van der Waals surface area contributed by atoms with E-state index in [2.05, 4.69) is 4.99 Å². The van der Waals surface area contributed by atoms with Crippen LogP contribution >= 0.6 is 0 Å². The fraction of sp³-hybridized carbons (Fsp3) is 0.0417. The molecule has 3 aromatic rings. The van der Waals surface area contributed by atoms with Crippen LogP contribution in [0.4, 0.5) is 0 Å². The molecule has 0 aromatic heterocycles. The first kappa shape index (κ1) is 17.4. The highest BCUT2D eigenvalue weighted by atomic mass is 16.3. The summed E-state index contributed by atoms with van der Waals surface area (Å²) in [7, 11) is 0. The first-order valence-corrected chi connectivity index (χ1v) is 8.86. The van der Waals surface area contributed by atoms with Crippen LogP contribution in [0.25, 0.3) is 5.76 Å². The number of benzene rings is 3. The van der Waals surface area contributed by atoms with Crippen LogP contribution in [-0.4, -0.2) is 16.6 Å². The van der Waals surface area contributed by atoms with Gasteiger partial charge in [-0.15, -0.1) is 0 Å². The van der Waals surface area contributed by atoms with Gasteiger partial charge >= 0.3 is 0 Å². The van der Waals surface area contributed by atoms with Crippen LogP contribution in [0.1, 0.15) is 33.1 Å². The van der Waals surface area contributed by atoms with Crippen LogP contribution in [0, 0.1) is 11.3 Å². The predicted octanol–water partition coefficient (Wildman–Crippen LogP) is 4.91. The number of carbonyl (C=O) groups is 1. The summed E-state index contributed by atoms with van der Waals surface area (Å²) >= 11 is 0. The smallest absolute Gasteiger partial charge is 0.200 e. The SMILES string of the molecule is N#CC(=NC(c1ccccc1)c1ccccc1)C1=C(O)c2ccccc2C1=O. The number of aliphatic hydroxyl groups is 1. The molecule has 1 N–H and O–H groups in total. The number of allylic oxidation sites excluding steroid dienone is 1. The Balaban J connectivity index is 1.86. The number of ketones is 1. The molecule has 0 saturated heterocycles. The highest BCUT2D eigenvalue weighted by molar-refractivity contribution is 6.39. The maximum absolute atomic E-state index is 12.8. The van der Waals surface area contributed by atoms with Gasteiger partial charge in [0.25, 0.3) is 0 Å². The Morgan fingerprint density at radius 3 is 1.82 bits per heavy atom. The number of hydrogen-bond donors (Lipinski definition) is 1. The Labute approximate surface area is 162 Å². The maximum atomic E-state index is 12.8. The third-order valence-electron chi connectivity index (χ3n) is 4.72. The molecule has 4 heteroatoms. The molecule has 4 nitrogen and oxygen atoms in total. The van der Waals surface area contributed by atoms with Gasteiger partial charge in [0.1, 0.15) is 23.4 Å². The zero-order valence-electron chi connectivity index (χ0n) is 14.9. The van der Waals surface area contributed by atoms with Crippen LogP contribution in [0.15, 0.2) is 95.5 Å². The van der Waals surface area contributed by atoms with Crippen molar-refractivity contribution in [1.82, 2.24) is 0 Å². The molecule has 0 spiro atoms. The number of aliphatic imine (C=N–C) groups is 1. The van der Waals surface area contributed by atoms with Gasteiger partial charge < -0.3 is 5.11 Å². The van der Waals surface area contributed by atoms with Crippen LogP contribution in [0.5, 0.6) is 0 Å². The molecule has 1 aliphatic carbocycles. The van der Waals surface area contributed by atoms with E-state index in [9.17, 15) is 15.2 Å². The molecule has 0 aliphatic heterocycles. The van der Waals surface area contributed by atoms with Gasteiger partial charge in [-0.2, -0.15) is 5.26 Å². The fourth-order valence-electron chi connectivity index (χ4n) is 3.37. The van der Waals surface area contributed by atoms with Crippen molar-refractivity contribution >= 4 is 17.3 Å². The summed E-state index contributed by atoms with van der Waals surface area (Å²) in [6.07, 6.45) is 0. The largest absolute Gasteiger partial charge is 0.506 e. The second-order valence-corrected chi connectivity index (χ2v) is 6.41. The summed E-state index contributed by atoms with van der Waals surface area (Å²) < 4.78 is 0. The van der Waals surface area contributed by atoms with Crippen molar-refractivity contribution in [3.8, 4) is 6.07 Å². The van der Waals surface area contributed by atoms with Gasteiger partial charge in [-0.25, -0.2) is 0 Å². The van der Waals surface area contributed by atoms with Crippen molar-refractivity contribution in [3.05, 3.63) is 113 Å². The summed E-state index contributed by atoms with van der Waals surface area (Å²) in [6, 6.07) is 27.5. The summed E-state index contributed by atoms with van der Waals surface area (Å²) in [4.78, 5) is 17.4. The lowest BCUT2D eigenvalue weighted by atomic mass is 9.98. The predicted molar refractivity (Wildman–Crippen MR) is 108 cm³/mol. The molecule has 0 heterocycles. The minimum Gasteiger partial charge on any atom is -0.506 e. The van der Waals surface area contributed by atoms with E-state index in [-0.39, 0.29) is 22.8 Å². The van der Waals surface area contributed by atoms with E-state index < -0.39 is 6.04 Å². The Morgan fingerprint density at radius 1 is 0.821 bits per heavy atom. The van der Waals surface area contributed by atoms with Gasteiger partial charge in [-0.1, -0.05) is 84.9 Å². The van der Waals surface area contributed by atoms with Gasteiger partial charge in [0.15, 0.2) is 11.5 Å². The van der Waals surface area contributed by atoms with E-state index in [1.165, 1.54) is 0 Å². The first-order valence-electron chi connectivity index (χ1n) is 8.86. The molecular formula is C24H16N2O2. The Kier molecular flexibility index (Phi) is 4.57. The monoisotopic (exact) mass is 364 g/mol. The third kappa shape index (κ3) is 3.00. The number of Topliss-reactive ketones (excluding diaryl/α,β-unsaturated/α-hetero) is 1. The van der Waals surface area contributed by atoms with E-state index in [1.54, 1.807) is 24.3 Å². The van der Waals surface area contributed by atoms with Gasteiger partial charge in [-0.05, 0) is 11.1 Å². The van der Waals surface area contributed by atoms with Gasteiger partial charge in [0.2, 0.25) is 0 Å². The van der Waals surface area contributed by atoms with Gasteiger partial charge in [-0.3, -0.25) is 9.79 Å². The molecule has 0 amide bonds. The number of carbonyl (C=O) groups excluding carboxylic acids is 1. The molecule has 1 aliphatic rings. The number of nitriles is 1. The zero-order chi connectivity index (χ0) is 19.5. The Bertz CT molecular complexity index is 1100. The molecule has 0 bridgehead atoms. The lowest BCUT2D eigenvalue weighted by Crippen LogP contribution is -2.12. The lowest BCUT2D eigenvalue weighted by molar-refractivity contribution is 0.104. The molecule has 4 rings (SSSR count). The number of rotatable bonds is 4. The second kappa shape index (κ2) is 7.34. The minimum atomic E-state index is -0.464. The van der Waals surface area contributed by atoms with Crippen molar-refractivity contribution in [1.29, 1.82) is 5.26 Å². The average Bonchev–Trinajstić information content (AvgIpc) is 3.01. The summed E-state index contributed by atoms with van der Waals surface area (Å²) in [5.74, 6) is -0.575. The quantitative estimate of drug-likeness (QED) is 0.669. The average molecular weight is 364 g/mol. The van der Waals surface area contributed by atoms with E-state index >= 15 is 0 Å². The standard InChI is InChI=1S/C24H16N2O2/c25-15-20(21-23(27)18-13-7-8-14-19(18)24(21)28)26-22(16-9-3-1-4-10-16)17-11-5-2-6-12-17/h1-14,22,27H. The van der Waals surface area contributed by atoms with Gasteiger partial charge in [0, 0.05) is 11.1 Å². The minimum absolute atomic E-state index is 0.0411. The molecule has 28 heavy (non-hydrogen) atoms. The number of nitrogens with zero attached hydrogens (tertiary/aromatic N) is 2. The highest BCUT2D eigenvalue weighted by Gasteiger charge is 2.33. The normalized spacial score (nSPS) is 13.6. The zero-order valence-corrected chi connectivity index (χ0v) is 14.9. The maximum Gasteiger partial charge on any atom is 0.200 e. The first-order chi connectivity index (χ1) is 13.7. The van der Waals surface area contributed by atoms with Crippen LogP contribution in [-0.2, 0) is 0 Å². The summed E-state index contributed by atoms with van der Waals surface area (Å²) in [6.45, 7) is 0. The van der Waals surface area contributed by atoms with E-state index in [0.717, 1.165) is 11.1 Å². The van der Waals surface area contributed by atoms with Crippen molar-refractivity contribution < 1.29 is 9.90 Å². The summed E-state index contributed by atoms with van der Waals surface area (Å²) in [5, 5.41) is 20.4. The molecule has 3 aromatic carbocycles. The van der Waals surface area contributed by atoms with E-state index in [0.29, 0.717) is 11.1 Å². The number of hydrogen-bond acceptors (Lipinski definition) is 4. The van der Waals surface area contributed by atoms with Crippen LogP contribution in [0.2, 0.25) is 0 Å². The van der Waals surface area contributed by atoms with Crippen LogP contribution in [0.3, 0.4) is 0 Å². The van der Waals surface area contributed by atoms with Crippen molar-refractivity contribution in [2.24, 2.45) is 4.99 Å². The fourth-order valence-corrected chi connectivity index (χ4v) is 3.37. The van der Waals surface area contributed by atoms with E-state index in [1.807, 2.05) is 66.7 Å². The Hall–Kier alpha value is -3.97. The molecule has 134 valence electrons. The molecule has 0 radical (unpaired) electrons. The molecular weight excluding hydrogens is 348 g/mol. The van der Waals surface area contributed by atoms with Crippen molar-refractivity contribution in [2.75, 3.05) is 0 Å². The lowest BCUT2D eigenvalue weighted by Gasteiger charge is -2.14. The van der Waals surface area contributed by atoms with E-state index in [4.69, 9.17) is 0 Å².